The monoisotopic (exact) mass is 343 g/mol. The Morgan fingerprint density at radius 3 is 2.78 bits per heavy atom. The van der Waals surface area contributed by atoms with E-state index in [9.17, 15) is 4.79 Å². The maximum atomic E-state index is 12.5. The Bertz CT molecular complexity index is 789. The van der Waals surface area contributed by atoms with Gasteiger partial charge in [0.15, 0.2) is 5.17 Å². The zero-order valence-corrected chi connectivity index (χ0v) is 14.0. The number of halogens is 1. The van der Waals surface area contributed by atoms with Gasteiger partial charge in [0.25, 0.3) is 5.91 Å². The van der Waals surface area contributed by atoms with Crippen molar-refractivity contribution in [3.05, 3.63) is 64.3 Å². The molecule has 4 nitrogen and oxygen atoms in total. The molecule has 0 spiro atoms. The largest absolute Gasteiger partial charge is 0.287 e. The molecule has 0 atom stereocenters. The van der Waals surface area contributed by atoms with E-state index in [0.29, 0.717) is 27.3 Å². The zero-order chi connectivity index (χ0) is 16.2. The topological polar surface area (TPSA) is 45.6 Å². The van der Waals surface area contributed by atoms with Crippen LogP contribution in [-0.2, 0) is 4.79 Å². The maximum absolute atomic E-state index is 12.5. The van der Waals surface area contributed by atoms with Gasteiger partial charge in [-0.3, -0.25) is 14.7 Å². The number of aromatic nitrogens is 1. The van der Waals surface area contributed by atoms with Gasteiger partial charge >= 0.3 is 0 Å². The molecule has 6 heteroatoms. The second-order valence-electron chi connectivity index (χ2n) is 4.79. The summed E-state index contributed by atoms with van der Waals surface area (Å²) in [4.78, 5) is 23.3. The molecular formula is C17H14ClN3OS. The summed E-state index contributed by atoms with van der Waals surface area (Å²) in [5.41, 5.74) is 1.60. The highest BCUT2D eigenvalue weighted by molar-refractivity contribution is 8.18. The highest BCUT2D eigenvalue weighted by atomic mass is 35.5. The molecule has 116 valence electrons. The van der Waals surface area contributed by atoms with Gasteiger partial charge in [-0.1, -0.05) is 41.9 Å². The molecule has 3 rings (SSSR count). The number of carbonyl (C=O) groups is 1. The minimum absolute atomic E-state index is 0.0368. The number of thioether (sulfide) groups is 1. The summed E-state index contributed by atoms with van der Waals surface area (Å²) in [6.07, 6.45) is 5.05. The Morgan fingerprint density at radius 1 is 1.30 bits per heavy atom. The number of hydrogen-bond acceptors (Lipinski definition) is 4. The van der Waals surface area contributed by atoms with Crippen LogP contribution < -0.4 is 0 Å². The van der Waals surface area contributed by atoms with Crippen LogP contribution in [0.15, 0.2) is 58.7 Å². The number of amides is 1. The average molecular weight is 344 g/mol. The minimum Gasteiger partial charge on any atom is -0.287 e. The van der Waals surface area contributed by atoms with Gasteiger partial charge in [0, 0.05) is 18.9 Å². The van der Waals surface area contributed by atoms with Crippen molar-refractivity contribution in [2.75, 3.05) is 6.54 Å². The van der Waals surface area contributed by atoms with E-state index < -0.39 is 0 Å². The second kappa shape index (κ2) is 6.98. The fourth-order valence-corrected chi connectivity index (χ4v) is 3.35. The van der Waals surface area contributed by atoms with Crippen molar-refractivity contribution in [2.45, 2.75) is 6.92 Å². The Morgan fingerprint density at radius 2 is 2.09 bits per heavy atom. The van der Waals surface area contributed by atoms with E-state index in [1.807, 2.05) is 43.3 Å². The van der Waals surface area contributed by atoms with Gasteiger partial charge in [-0.25, -0.2) is 4.99 Å². The number of hydrogen-bond donors (Lipinski definition) is 0. The molecule has 2 aromatic rings. The van der Waals surface area contributed by atoms with Gasteiger partial charge in [0.05, 0.1) is 15.6 Å². The number of benzene rings is 1. The van der Waals surface area contributed by atoms with Crippen molar-refractivity contribution >= 4 is 46.2 Å². The van der Waals surface area contributed by atoms with E-state index in [0.717, 1.165) is 5.56 Å². The molecule has 0 aliphatic carbocycles. The first-order chi connectivity index (χ1) is 11.2. The third-order valence-corrected chi connectivity index (χ3v) is 4.57. The van der Waals surface area contributed by atoms with E-state index in [1.165, 1.54) is 11.8 Å². The van der Waals surface area contributed by atoms with Crippen molar-refractivity contribution in [2.24, 2.45) is 4.99 Å². The van der Waals surface area contributed by atoms with Crippen LogP contribution in [0.25, 0.3) is 6.08 Å². The van der Waals surface area contributed by atoms with Crippen molar-refractivity contribution < 1.29 is 4.79 Å². The summed E-state index contributed by atoms with van der Waals surface area (Å²) in [5.74, 6) is -0.0368. The van der Waals surface area contributed by atoms with Gasteiger partial charge in [0.2, 0.25) is 0 Å². The van der Waals surface area contributed by atoms with E-state index >= 15 is 0 Å². The molecule has 0 N–H and O–H groups in total. The van der Waals surface area contributed by atoms with Gasteiger partial charge in [0.1, 0.15) is 0 Å². The first-order valence-electron chi connectivity index (χ1n) is 7.13. The summed E-state index contributed by atoms with van der Waals surface area (Å²) in [6.45, 7) is 2.48. The molecule has 1 aliphatic rings. The summed E-state index contributed by atoms with van der Waals surface area (Å²) < 4.78 is 0. The Balaban J connectivity index is 1.95. The van der Waals surface area contributed by atoms with E-state index in [-0.39, 0.29) is 5.91 Å². The number of rotatable bonds is 3. The number of nitrogens with zero attached hydrogens (tertiary/aromatic N) is 3. The van der Waals surface area contributed by atoms with Gasteiger partial charge in [-0.05, 0) is 36.4 Å². The van der Waals surface area contributed by atoms with Gasteiger partial charge in [-0.2, -0.15) is 0 Å². The third-order valence-electron chi connectivity index (χ3n) is 3.27. The molecule has 0 radical (unpaired) electrons. The molecule has 1 aromatic carbocycles. The van der Waals surface area contributed by atoms with E-state index in [4.69, 9.17) is 11.6 Å². The standard InChI is InChI=1S/C17H14ClN3OS/c1-2-21-16(22)15(10-12-6-4-3-5-7-12)23-17(21)20-14-8-9-19-11-13(14)18/h3-11H,2H2,1H3/b15-10-,20-17?. The average Bonchev–Trinajstić information content (AvgIpc) is 2.85. The smallest absolute Gasteiger partial charge is 0.266 e. The first kappa shape index (κ1) is 15.8. The molecule has 0 unspecified atom stereocenters. The quantitative estimate of drug-likeness (QED) is 0.778. The lowest BCUT2D eigenvalue weighted by molar-refractivity contribution is -0.122. The molecule has 1 aromatic heterocycles. The summed E-state index contributed by atoms with van der Waals surface area (Å²) >= 11 is 7.46. The molecule has 1 amide bonds. The van der Waals surface area contributed by atoms with Crippen molar-refractivity contribution in [3.8, 4) is 0 Å². The SMILES string of the molecule is CCN1C(=O)/C(=C/c2ccccc2)SC1=Nc1ccncc1Cl. The number of carbonyl (C=O) groups excluding carboxylic acids is 1. The van der Waals surface area contributed by atoms with Gasteiger partial charge in [-0.15, -0.1) is 0 Å². The number of pyridine rings is 1. The number of aliphatic imine (C=N–C) groups is 1. The minimum atomic E-state index is -0.0368. The van der Waals surface area contributed by atoms with Crippen LogP contribution in [0.5, 0.6) is 0 Å². The molecule has 23 heavy (non-hydrogen) atoms. The number of amidine groups is 1. The third kappa shape index (κ3) is 3.46. The maximum Gasteiger partial charge on any atom is 0.266 e. The summed E-state index contributed by atoms with van der Waals surface area (Å²) in [7, 11) is 0. The predicted molar refractivity (Wildman–Crippen MR) is 95.7 cm³/mol. The normalized spacial score (nSPS) is 18.2. The fraction of sp³-hybridized carbons (Fsp3) is 0.118. The van der Waals surface area contributed by atoms with Crippen molar-refractivity contribution in [1.29, 1.82) is 0 Å². The van der Waals surface area contributed by atoms with Crippen molar-refractivity contribution in [1.82, 2.24) is 9.88 Å². The molecule has 0 bridgehead atoms. The molecule has 2 heterocycles. The molecular weight excluding hydrogens is 330 g/mol. The fourth-order valence-electron chi connectivity index (χ4n) is 2.13. The highest BCUT2D eigenvalue weighted by Gasteiger charge is 2.32. The summed E-state index contributed by atoms with van der Waals surface area (Å²) in [6, 6.07) is 11.5. The molecule has 1 saturated heterocycles. The predicted octanol–water partition coefficient (Wildman–Crippen LogP) is 4.36. The Hall–Kier alpha value is -2.11. The van der Waals surface area contributed by atoms with Crippen LogP contribution >= 0.6 is 23.4 Å². The lowest BCUT2D eigenvalue weighted by atomic mass is 10.2. The van der Waals surface area contributed by atoms with Crippen LogP contribution in [0.4, 0.5) is 5.69 Å². The highest BCUT2D eigenvalue weighted by Crippen LogP contribution is 2.35. The van der Waals surface area contributed by atoms with Crippen LogP contribution in [0.1, 0.15) is 12.5 Å². The molecule has 0 saturated carbocycles. The van der Waals surface area contributed by atoms with Gasteiger partial charge < -0.3 is 0 Å². The van der Waals surface area contributed by atoms with Crippen LogP contribution in [0.2, 0.25) is 5.02 Å². The van der Waals surface area contributed by atoms with Crippen LogP contribution in [0.3, 0.4) is 0 Å². The number of likely N-dealkylation sites (N-methyl/N-ethyl adjacent to an activating group) is 1. The van der Waals surface area contributed by atoms with Crippen molar-refractivity contribution in [3.63, 3.8) is 0 Å². The Labute approximate surface area is 143 Å². The molecule has 1 fully saturated rings. The first-order valence-corrected chi connectivity index (χ1v) is 8.33. The van der Waals surface area contributed by atoms with E-state index in [1.54, 1.807) is 23.4 Å². The lowest BCUT2D eigenvalue weighted by Gasteiger charge is -2.12. The lowest BCUT2D eigenvalue weighted by Crippen LogP contribution is -2.28. The van der Waals surface area contributed by atoms with E-state index in [2.05, 4.69) is 9.98 Å². The van der Waals surface area contributed by atoms with Crippen LogP contribution in [-0.4, -0.2) is 27.5 Å². The second-order valence-corrected chi connectivity index (χ2v) is 6.21. The van der Waals surface area contributed by atoms with Crippen LogP contribution in [0, 0.1) is 0 Å². The zero-order valence-electron chi connectivity index (χ0n) is 12.4. The summed E-state index contributed by atoms with van der Waals surface area (Å²) in [5, 5.41) is 1.09. The Kier molecular flexibility index (Phi) is 4.79. The molecule has 1 aliphatic heterocycles.